The van der Waals surface area contributed by atoms with E-state index < -0.39 is 17.9 Å². The summed E-state index contributed by atoms with van der Waals surface area (Å²) in [7, 11) is 0. The minimum atomic E-state index is -1.13. The number of aromatic carboxylic acids is 1. The number of carboxylic acid groups (broad SMARTS) is 1. The zero-order valence-electron chi connectivity index (χ0n) is 13.9. The molecule has 1 fully saturated rings. The number of hydrogen-bond acceptors (Lipinski definition) is 3. The predicted octanol–water partition coefficient (Wildman–Crippen LogP) is 3.61. The number of benzene rings is 2. The van der Waals surface area contributed by atoms with Gasteiger partial charge >= 0.3 is 5.97 Å². The van der Waals surface area contributed by atoms with Crippen LogP contribution in [0.3, 0.4) is 0 Å². The van der Waals surface area contributed by atoms with Crippen LogP contribution in [0.4, 0.5) is 4.39 Å². The van der Waals surface area contributed by atoms with Gasteiger partial charge in [-0.3, -0.25) is 4.90 Å². The van der Waals surface area contributed by atoms with Crippen LogP contribution in [0, 0.1) is 5.82 Å². The van der Waals surface area contributed by atoms with E-state index >= 15 is 0 Å². The standard InChI is InChI=1S/C20H22FNO3/c21-18-11-15(20(24)25)8-9-16(18)13-22-10-4-7-17(22)12-19(23)14-5-2-1-3-6-14/h1-3,5-6,8-9,11,17,19,23H,4,7,10,12-13H2,(H,24,25). The van der Waals surface area contributed by atoms with Crippen LogP contribution in [-0.4, -0.2) is 33.7 Å². The molecule has 2 N–H and O–H groups in total. The Kier molecular flexibility index (Phi) is 5.46. The molecule has 2 atom stereocenters. The monoisotopic (exact) mass is 343 g/mol. The Labute approximate surface area is 146 Å². The zero-order chi connectivity index (χ0) is 17.8. The van der Waals surface area contributed by atoms with Gasteiger partial charge in [-0.05, 0) is 43.5 Å². The molecule has 1 aliphatic heterocycles. The minimum Gasteiger partial charge on any atom is -0.478 e. The molecule has 132 valence electrons. The topological polar surface area (TPSA) is 60.8 Å². The summed E-state index contributed by atoms with van der Waals surface area (Å²) >= 11 is 0. The molecule has 0 spiro atoms. The molecule has 4 nitrogen and oxygen atoms in total. The molecule has 25 heavy (non-hydrogen) atoms. The maximum atomic E-state index is 14.2. The van der Waals surface area contributed by atoms with E-state index in [-0.39, 0.29) is 11.6 Å². The quantitative estimate of drug-likeness (QED) is 0.841. The van der Waals surface area contributed by atoms with Crippen LogP contribution in [0.25, 0.3) is 0 Å². The number of carbonyl (C=O) groups is 1. The smallest absolute Gasteiger partial charge is 0.335 e. The Bertz CT molecular complexity index is 735. The van der Waals surface area contributed by atoms with Crippen molar-refractivity contribution in [2.24, 2.45) is 0 Å². The molecule has 0 aromatic heterocycles. The molecule has 0 amide bonds. The first-order chi connectivity index (χ1) is 12.0. The second-order valence-corrected chi connectivity index (χ2v) is 6.54. The molecule has 0 aliphatic carbocycles. The molecule has 0 saturated carbocycles. The highest BCUT2D eigenvalue weighted by molar-refractivity contribution is 5.87. The number of nitrogens with zero attached hydrogens (tertiary/aromatic N) is 1. The van der Waals surface area contributed by atoms with Crippen LogP contribution in [0.2, 0.25) is 0 Å². The fourth-order valence-corrected chi connectivity index (χ4v) is 3.47. The number of halogens is 1. The van der Waals surface area contributed by atoms with Crippen LogP contribution in [-0.2, 0) is 6.54 Å². The summed E-state index contributed by atoms with van der Waals surface area (Å²) in [5.41, 5.74) is 1.34. The van der Waals surface area contributed by atoms with E-state index in [9.17, 15) is 14.3 Å². The molecule has 1 aliphatic rings. The zero-order valence-corrected chi connectivity index (χ0v) is 13.9. The van der Waals surface area contributed by atoms with Gasteiger partial charge in [-0.2, -0.15) is 0 Å². The molecule has 5 heteroatoms. The number of aliphatic hydroxyl groups excluding tert-OH is 1. The van der Waals surface area contributed by atoms with Crippen molar-refractivity contribution < 1.29 is 19.4 Å². The van der Waals surface area contributed by atoms with Gasteiger partial charge in [-0.1, -0.05) is 36.4 Å². The highest BCUT2D eigenvalue weighted by atomic mass is 19.1. The van der Waals surface area contributed by atoms with Crippen molar-refractivity contribution in [3.05, 3.63) is 71.0 Å². The number of hydrogen-bond donors (Lipinski definition) is 2. The van der Waals surface area contributed by atoms with Crippen molar-refractivity contribution in [2.75, 3.05) is 6.54 Å². The normalized spacial score (nSPS) is 19.0. The average molecular weight is 343 g/mol. The first-order valence-electron chi connectivity index (χ1n) is 8.53. The molecule has 2 aromatic rings. The Morgan fingerprint density at radius 1 is 1.24 bits per heavy atom. The minimum absolute atomic E-state index is 0.0429. The van der Waals surface area contributed by atoms with Gasteiger partial charge in [-0.25, -0.2) is 9.18 Å². The SMILES string of the molecule is O=C(O)c1ccc(CN2CCCC2CC(O)c2ccccc2)c(F)c1. The lowest BCUT2D eigenvalue weighted by Gasteiger charge is -2.26. The maximum Gasteiger partial charge on any atom is 0.335 e. The lowest BCUT2D eigenvalue weighted by molar-refractivity contribution is 0.0696. The second-order valence-electron chi connectivity index (χ2n) is 6.54. The van der Waals surface area contributed by atoms with Gasteiger partial charge in [0.25, 0.3) is 0 Å². The lowest BCUT2D eigenvalue weighted by atomic mass is 10.00. The fraction of sp³-hybridized carbons (Fsp3) is 0.350. The van der Waals surface area contributed by atoms with Crippen molar-refractivity contribution in [2.45, 2.75) is 38.0 Å². The van der Waals surface area contributed by atoms with E-state index in [0.29, 0.717) is 18.5 Å². The fourth-order valence-electron chi connectivity index (χ4n) is 3.47. The Hall–Kier alpha value is -2.24. The van der Waals surface area contributed by atoms with E-state index in [1.807, 2.05) is 30.3 Å². The van der Waals surface area contributed by atoms with Crippen molar-refractivity contribution in [1.29, 1.82) is 0 Å². The second kappa shape index (κ2) is 7.76. The van der Waals surface area contributed by atoms with E-state index in [1.54, 1.807) is 6.07 Å². The molecule has 1 saturated heterocycles. The summed E-state index contributed by atoms with van der Waals surface area (Å²) in [4.78, 5) is 13.1. The van der Waals surface area contributed by atoms with E-state index in [1.165, 1.54) is 6.07 Å². The van der Waals surface area contributed by atoms with Gasteiger partial charge in [0.1, 0.15) is 5.82 Å². The lowest BCUT2D eigenvalue weighted by Crippen LogP contribution is -2.30. The molecular formula is C20H22FNO3. The molecule has 2 unspecified atom stereocenters. The van der Waals surface area contributed by atoms with E-state index in [4.69, 9.17) is 5.11 Å². The van der Waals surface area contributed by atoms with Gasteiger partial charge in [-0.15, -0.1) is 0 Å². The van der Waals surface area contributed by atoms with E-state index in [0.717, 1.165) is 31.0 Å². The number of rotatable bonds is 6. The highest BCUT2D eigenvalue weighted by Crippen LogP contribution is 2.29. The Morgan fingerprint density at radius 2 is 2.00 bits per heavy atom. The number of likely N-dealkylation sites (tertiary alicyclic amines) is 1. The highest BCUT2D eigenvalue weighted by Gasteiger charge is 2.27. The molecule has 3 rings (SSSR count). The Morgan fingerprint density at radius 3 is 2.68 bits per heavy atom. The largest absolute Gasteiger partial charge is 0.478 e. The third-order valence-corrected chi connectivity index (χ3v) is 4.85. The van der Waals surface area contributed by atoms with Gasteiger partial charge in [0.2, 0.25) is 0 Å². The van der Waals surface area contributed by atoms with Crippen molar-refractivity contribution in [1.82, 2.24) is 4.90 Å². The van der Waals surface area contributed by atoms with Crippen LogP contribution < -0.4 is 0 Å². The summed E-state index contributed by atoms with van der Waals surface area (Å²) < 4.78 is 14.2. The van der Waals surface area contributed by atoms with Gasteiger partial charge in [0.15, 0.2) is 0 Å². The van der Waals surface area contributed by atoms with Crippen LogP contribution in [0.5, 0.6) is 0 Å². The number of aliphatic hydroxyl groups is 1. The summed E-state index contributed by atoms with van der Waals surface area (Å²) in [5.74, 6) is -1.62. The first kappa shape index (κ1) is 17.6. The molecule has 2 aromatic carbocycles. The third kappa shape index (κ3) is 4.24. The molecule has 0 radical (unpaired) electrons. The molecule has 0 bridgehead atoms. The predicted molar refractivity (Wildman–Crippen MR) is 92.8 cm³/mol. The third-order valence-electron chi connectivity index (χ3n) is 4.85. The summed E-state index contributed by atoms with van der Waals surface area (Å²) in [6.07, 6.45) is 2.06. The van der Waals surface area contributed by atoms with Crippen molar-refractivity contribution >= 4 is 5.97 Å². The summed E-state index contributed by atoms with van der Waals surface area (Å²) in [6.45, 7) is 1.28. The maximum absolute atomic E-state index is 14.2. The van der Waals surface area contributed by atoms with Crippen molar-refractivity contribution in [3.63, 3.8) is 0 Å². The van der Waals surface area contributed by atoms with Gasteiger partial charge in [0.05, 0.1) is 11.7 Å². The number of carboxylic acids is 1. The summed E-state index contributed by atoms with van der Waals surface area (Å²) in [5, 5.41) is 19.4. The molecule has 1 heterocycles. The van der Waals surface area contributed by atoms with Crippen LogP contribution >= 0.6 is 0 Å². The van der Waals surface area contributed by atoms with Crippen LogP contribution in [0.1, 0.15) is 46.9 Å². The van der Waals surface area contributed by atoms with E-state index in [2.05, 4.69) is 4.90 Å². The van der Waals surface area contributed by atoms with Crippen molar-refractivity contribution in [3.8, 4) is 0 Å². The first-order valence-corrected chi connectivity index (χ1v) is 8.53. The average Bonchev–Trinajstić information content (AvgIpc) is 3.04. The van der Waals surface area contributed by atoms with Crippen LogP contribution in [0.15, 0.2) is 48.5 Å². The summed E-state index contributed by atoms with van der Waals surface area (Å²) in [6, 6.07) is 13.8. The van der Waals surface area contributed by atoms with Gasteiger partial charge < -0.3 is 10.2 Å². The molecular weight excluding hydrogens is 321 g/mol. The Balaban J connectivity index is 1.67. The van der Waals surface area contributed by atoms with Gasteiger partial charge in [0, 0.05) is 18.2 Å².